The molecule has 0 aliphatic heterocycles. The number of aliphatic hydroxyl groups excluding tert-OH is 1. The van der Waals surface area contributed by atoms with Crippen LogP contribution in [0.2, 0.25) is 0 Å². The third-order valence-corrected chi connectivity index (χ3v) is 5.48. The monoisotopic (exact) mass is 413 g/mol. The molecule has 1 N–H and O–H groups in total. The molecule has 29 heavy (non-hydrogen) atoms. The van der Waals surface area contributed by atoms with Crippen molar-refractivity contribution in [3.8, 4) is 17.1 Å². The molecular weight excluding hydrogens is 389 g/mol. The van der Waals surface area contributed by atoms with Crippen molar-refractivity contribution < 1.29 is 14.2 Å². The van der Waals surface area contributed by atoms with Crippen LogP contribution in [0.25, 0.3) is 11.4 Å². The van der Waals surface area contributed by atoms with Crippen molar-refractivity contribution in [2.75, 3.05) is 12.4 Å². The molecule has 0 bridgehead atoms. The Morgan fingerprint density at radius 1 is 1.17 bits per heavy atom. The fraction of sp³-hybridized carbons (Fsp3) is 0.273. The van der Waals surface area contributed by atoms with Gasteiger partial charge in [-0.15, -0.1) is 16.8 Å². The molecule has 0 radical (unpaired) electrons. The molecule has 2 aromatic carbocycles. The van der Waals surface area contributed by atoms with Gasteiger partial charge in [-0.3, -0.25) is 4.57 Å². The van der Waals surface area contributed by atoms with E-state index in [1.54, 1.807) is 18.2 Å². The van der Waals surface area contributed by atoms with Crippen molar-refractivity contribution in [3.63, 3.8) is 0 Å². The summed E-state index contributed by atoms with van der Waals surface area (Å²) in [6.07, 6.45) is 1.09. The zero-order valence-corrected chi connectivity index (χ0v) is 17.3. The lowest BCUT2D eigenvalue weighted by molar-refractivity contribution is 0.125. The highest BCUT2D eigenvalue weighted by atomic mass is 32.2. The van der Waals surface area contributed by atoms with Crippen molar-refractivity contribution in [2.24, 2.45) is 0 Å². The molecule has 0 amide bonds. The molecule has 1 aromatic heterocycles. The number of aryl methyl sites for hydroxylation is 2. The predicted molar refractivity (Wildman–Crippen MR) is 114 cm³/mol. The van der Waals surface area contributed by atoms with E-state index in [0.29, 0.717) is 23.3 Å². The third kappa shape index (κ3) is 5.25. The van der Waals surface area contributed by atoms with Crippen LogP contribution in [-0.4, -0.2) is 38.3 Å². The zero-order valence-electron chi connectivity index (χ0n) is 16.5. The maximum absolute atomic E-state index is 13.2. The number of allylic oxidation sites excluding steroid dienone is 1. The lowest BCUT2D eigenvalue weighted by Crippen LogP contribution is -2.21. The molecule has 0 saturated carbocycles. The Balaban J connectivity index is 1.65. The van der Waals surface area contributed by atoms with Gasteiger partial charge < -0.3 is 9.84 Å². The van der Waals surface area contributed by atoms with Crippen molar-refractivity contribution in [2.45, 2.75) is 31.7 Å². The molecule has 0 saturated heterocycles. The summed E-state index contributed by atoms with van der Waals surface area (Å²) in [5, 5.41) is 19.5. The normalized spacial score (nSPS) is 12.0. The largest absolute Gasteiger partial charge is 0.490 e. The fourth-order valence-electron chi connectivity index (χ4n) is 2.93. The number of nitrogens with zero attached hydrogens (tertiary/aromatic N) is 3. The minimum Gasteiger partial charge on any atom is -0.490 e. The Labute approximate surface area is 174 Å². The van der Waals surface area contributed by atoms with E-state index in [4.69, 9.17) is 4.74 Å². The fourth-order valence-corrected chi connectivity index (χ4v) is 3.78. The molecule has 7 heteroatoms. The van der Waals surface area contributed by atoms with Gasteiger partial charge in [-0.2, -0.15) is 0 Å². The summed E-state index contributed by atoms with van der Waals surface area (Å²) in [7, 11) is 0. The minimum atomic E-state index is -0.665. The van der Waals surface area contributed by atoms with E-state index in [9.17, 15) is 9.50 Å². The SMILES string of the molecule is C=CCn1c(SC[C@H](O)COc2c(C)cccc2C)nnc1-c1ccc(F)cc1. The first-order chi connectivity index (χ1) is 14.0. The minimum absolute atomic E-state index is 0.194. The van der Waals surface area contributed by atoms with Crippen LogP contribution in [-0.2, 0) is 6.54 Å². The Kier molecular flexibility index (Phi) is 7.06. The average molecular weight is 414 g/mol. The molecule has 152 valence electrons. The highest BCUT2D eigenvalue weighted by molar-refractivity contribution is 7.99. The van der Waals surface area contributed by atoms with Crippen molar-refractivity contribution in [3.05, 3.63) is 72.1 Å². The van der Waals surface area contributed by atoms with E-state index >= 15 is 0 Å². The molecule has 0 fully saturated rings. The molecule has 3 rings (SSSR count). The Morgan fingerprint density at radius 3 is 2.52 bits per heavy atom. The summed E-state index contributed by atoms with van der Waals surface area (Å²) in [4.78, 5) is 0. The van der Waals surface area contributed by atoms with Gasteiger partial charge in [0, 0.05) is 17.9 Å². The second-order valence-corrected chi connectivity index (χ2v) is 7.70. The van der Waals surface area contributed by atoms with Crippen LogP contribution >= 0.6 is 11.8 Å². The van der Waals surface area contributed by atoms with Crippen molar-refractivity contribution in [1.82, 2.24) is 14.8 Å². The topological polar surface area (TPSA) is 60.2 Å². The van der Waals surface area contributed by atoms with E-state index in [1.807, 2.05) is 36.6 Å². The van der Waals surface area contributed by atoms with Gasteiger partial charge in [-0.1, -0.05) is 36.0 Å². The van der Waals surface area contributed by atoms with Gasteiger partial charge in [-0.25, -0.2) is 4.39 Å². The molecule has 0 unspecified atom stereocenters. The van der Waals surface area contributed by atoms with Crippen molar-refractivity contribution >= 4 is 11.8 Å². The summed E-state index contributed by atoms with van der Waals surface area (Å²) in [6.45, 7) is 8.46. The van der Waals surface area contributed by atoms with Gasteiger partial charge in [0.2, 0.25) is 0 Å². The summed E-state index contributed by atoms with van der Waals surface area (Å²) in [5.74, 6) is 1.55. The molecule has 3 aromatic rings. The number of thioether (sulfide) groups is 1. The summed E-state index contributed by atoms with van der Waals surface area (Å²) in [5.41, 5.74) is 2.85. The first-order valence-corrected chi connectivity index (χ1v) is 10.3. The summed E-state index contributed by atoms with van der Waals surface area (Å²) < 4.78 is 20.9. The second kappa shape index (κ2) is 9.71. The van der Waals surface area contributed by atoms with Crippen LogP contribution in [0.5, 0.6) is 5.75 Å². The maximum Gasteiger partial charge on any atom is 0.191 e. The number of aliphatic hydroxyl groups is 1. The van der Waals surface area contributed by atoms with E-state index in [-0.39, 0.29) is 12.4 Å². The lowest BCUT2D eigenvalue weighted by Gasteiger charge is -2.15. The highest BCUT2D eigenvalue weighted by Gasteiger charge is 2.16. The van der Waals surface area contributed by atoms with Crippen LogP contribution in [0.3, 0.4) is 0 Å². The van der Waals surface area contributed by atoms with Crippen LogP contribution < -0.4 is 4.74 Å². The number of halogens is 1. The number of ether oxygens (including phenoxy) is 1. The van der Waals surface area contributed by atoms with E-state index in [0.717, 1.165) is 22.4 Å². The predicted octanol–water partition coefficient (Wildman–Crippen LogP) is 4.42. The van der Waals surface area contributed by atoms with Crippen molar-refractivity contribution in [1.29, 1.82) is 0 Å². The second-order valence-electron chi connectivity index (χ2n) is 6.71. The van der Waals surface area contributed by atoms with Gasteiger partial charge in [0.05, 0.1) is 6.10 Å². The van der Waals surface area contributed by atoms with Gasteiger partial charge in [0.15, 0.2) is 11.0 Å². The highest BCUT2D eigenvalue weighted by Crippen LogP contribution is 2.26. The molecule has 1 atom stereocenters. The van der Waals surface area contributed by atoms with Gasteiger partial charge >= 0.3 is 0 Å². The number of hydrogen-bond donors (Lipinski definition) is 1. The number of aromatic nitrogens is 3. The molecule has 5 nitrogen and oxygen atoms in total. The van der Waals surface area contributed by atoms with Crippen LogP contribution in [0.15, 0.2) is 60.3 Å². The standard InChI is InChI=1S/C22H24FN3O2S/c1-4-12-26-21(17-8-10-18(23)11-9-17)24-25-22(26)29-14-19(27)13-28-20-15(2)6-5-7-16(20)3/h4-11,19,27H,1,12-14H2,2-3H3/t19-/m1/s1. The molecule has 0 spiro atoms. The van der Waals surface area contributed by atoms with Crippen LogP contribution in [0.1, 0.15) is 11.1 Å². The first kappa shape index (κ1) is 21.1. The average Bonchev–Trinajstić information content (AvgIpc) is 3.09. The van der Waals surface area contributed by atoms with Gasteiger partial charge in [0.25, 0.3) is 0 Å². The number of rotatable bonds is 9. The van der Waals surface area contributed by atoms with E-state index in [2.05, 4.69) is 16.8 Å². The smallest absolute Gasteiger partial charge is 0.191 e. The van der Waals surface area contributed by atoms with Gasteiger partial charge in [0.1, 0.15) is 18.2 Å². The third-order valence-electron chi connectivity index (χ3n) is 4.36. The number of benzene rings is 2. The first-order valence-electron chi connectivity index (χ1n) is 9.29. The van der Waals surface area contributed by atoms with E-state index in [1.165, 1.54) is 23.9 Å². The molecular formula is C22H24FN3O2S. The number of hydrogen-bond acceptors (Lipinski definition) is 5. The zero-order chi connectivity index (χ0) is 20.8. The van der Waals surface area contributed by atoms with Crippen LogP contribution in [0.4, 0.5) is 4.39 Å². The van der Waals surface area contributed by atoms with Gasteiger partial charge in [-0.05, 0) is 49.2 Å². The summed E-state index contributed by atoms with van der Waals surface area (Å²) >= 11 is 1.39. The lowest BCUT2D eigenvalue weighted by atomic mass is 10.1. The Bertz CT molecular complexity index is 952. The molecule has 1 heterocycles. The summed E-state index contributed by atoms with van der Waals surface area (Å²) in [6, 6.07) is 12.1. The molecule has 0 aliphatic carbocycles. The molecule has 0 aliphatic rings. The Hall–Kier alpha value is -2.64. The quantitative estimate of drug-likeness (QED) is 0.416. The number of para-hydroxylation sites is 1. The van der Waals surface area contributed by atoms with Crippen LogP contribution in [0, 0.1) is 19.7 Å². The Morgan fingerprint density at radius 2 is 1.86 bits per heavy atom. The maximum atomic E-state index is 13.2. The van der Waals surface area contributed by atoms with E-state index < -0.39 is 6.10 Å².